The average molecular weight is 341 g/mol. The van der Waals surface area contributed by atoms with E-state index in [0.717, 1.165) is 5.01 Å². The van der Waals surface area contributed by atoms with E-state index in [1.165, 1.54) is 0 Å². The fourth-order valence-electron chi connectivity index (χ4n) is 1.88. The Morgan fingerprint density at radius 2 is 1.92 bits per heavy atom. The summed E-state index contributed by atoms with van der Waals surface area (Å²) >= 11 is 0. The van der Waals surface area contributed by atoms with Gasteiger partial charge in [-0.25, -0.2) is 20.0 Å². The highest BCUT2D eigenvalue weighted by Crippen LogP contribution is 2.16. The second-order valence-electron chi connectivity index (χ2n) is 6.30. The molecule has 1 aliphatic heterocycles. The lowest BCUT2D eigenvalue weighted by molar-refractivity contribution is -0.321. The van der Waals surface area contributed by atoms with E-state index in [-0.39, 0.29) is 24.8 Å². The van der Waals surface area contributed by atoms with E-state index in [1.54, 1.807) is 26.7 Å². The maximum Gasteiger partial charge on any atom is 0.365 e. The SMILES string of the molecule is CC(C)(C)OOC(=O)[C@@H](NN1C(=O)CCC1=O)C(=C=O)CCCN. The van der Waals surface area contributed by atoms with Crippen molar-refractivity contribution in [1.29, 1.82) is 0 Å². The zero-order valence-corrected chi connectivity index (χ0v) is 14.1. The number of carbonyl (C=O) groups excluding carboxylic acids is 4. The molecule has 1 rings (SSSR count). The molecule has 0 unspecified atom stereocenters. The molecular weight excluding hydrogens is 318 g/mol. The van der Waals surface area contributed by atoms with E-state index >= 15 is 0 Å². The number of carbonyl (C=O) groups is 3. The average Bonchev–Trinajstić information content (AvgIpc) is 2.82. The van der Waals surface area contributed by atoms with Gasteiger partial charge in [0.25, 0.3) is 0 Å². The molecule has 0 radical (unpaired) electrons. The van der Waals surface area contributed by atoms with E-state index in [0.29, 0.717) is 13.0 Å². The molecule has 3 N–H and O–H groups in total. The van der Waals surface area contributed by atoms with Crippen molar-refractivity contribution in [2.45, 2.75) is 58.1 Å². The van der Waals surface area contributed by atoms with Crippen molar-refractivity contribution in [3.63, 3.8) is 0 Å². The summed E-state index contributed by atoms with van der Waals surface area (Å²) in [5.74, 6) is -0.264. The molecule has 1 aliphatic rings. The first-order valence-corrected chi connectivity index (χ1v) is 7.65. The van der Waals surface area contributed by atoms with Crippen LogP contribution in [-0.2, 0) is 29.0 Å². The first-order chi connectivity index (χ1) is 11.2. The van der Waals surface area contributed by atoms with Crippen molar-refractivity contribution in [3.05, 3.63) is 5.57 Å². The van der Waals surface area contributed by atoms with Crippen LogP contribution in [0, 0.1) is 0 Å². The number of hydrogen-bond donors (Lipinski definition) is 2. The maximum atomic E-state index is 12.3. The van der Waals surface area contributed by atoms with E-state index in [9.17, 15) is 19.2 Å². The Bertz CT molecular complexity index is 532. The van der Waals surface area contributed by atoms with Crippen molar-refractivity contribution in [2.24, 2.45) is 5.73 Å². The highest BCUT2D eigenvalue weighted by Gasteiger charge is 2.36. The van der Waals surface area contributed by atoms with E-state index < -0.39 is 29.4 Å². The highest BCUT2D eigenvalue weighted by molar-refractivity contribution is 6.01. The van der Waals surface area contributed by atoms with Gasteiger partial charge in [-0.2, -0.15) is 4.89 Å². The molecule has 0 aromatic heterocycles. The smallest absolute Gasteiger partial charge is 0.330 e. The molecule has 9 nitrogen and oxygen atoms in total. The van der Waals surface area contributed by atoms with Gasteiger partial charge < -0.3 is 5.73 Å². The number of rotatable bonds is 8. The predicted molar refractivity (Wildman–Crippen MR) is 82.4 cm³/mol. The maximum absolute atomic E-state index is 12.3. The van der Waals surface area contributed by atoms with Crippen molar-refractivity contribution in [1.82, 2.24) is 10.4 Å². The first-order valence-electron chi connectivity index (χ1n) is 7.65. The molecule has 0 spiro atoms. The number of hydrazine groups is 1. The molecule has 2 amide bonds. The summed E-state index contributed by atoms with van der Waals surface area (Å²) in [6.07, 6.45) is 0.667. The third-order valence-electron chi connectivity index (χ3n) is 3.05. The highest BCUT2D eigenvalue weighted by atomic mass is 17.2. The van der Waals surface area contributed by atoms with Gasteiger partial charge in [0.2, 0.25) is 11.8 Å². The number of nitrogens with two attached hydrogens (primary N) is 1. The fourth-order valence-corrected chi connectivity index (χ4v) is 1.88. The molecule has 24 heavy (non-hydrogen) atoms. The predicted octanol–water partition coefficient (Wildman–Crippen LogP) is -0.221. The van der Waals surface area contributed by atoms with Gasteiger partial charge in [0, 0.05) is 18.4 Å². The van der Waals surface area contributed by atoms with Crippen LogP contribution in [-0.4, -0.2) is 46.9 Å². The zero-order chi connectivity index (χ0) is 18.3. The number of amides is 2. The minimum Gasteiger partial charge on any atom is -0.330 e. The number of imide groups is 1. The number of hydrogen-bond acceptors (Lipinski definition) is 8. The minimum absolute atomic E-state index is 0.00420. The van der Waals surface area contributed by atoms with Crippen molar-refractivity contribution in [3.8, 4) is 0 Å². The van der Waals surface area contributed by atoms with Crippen molar-refractivity contribution >= 4 is 23.7 Å². The van der Waals surface area contributed by atoms with Gasteiger partial charge in [-0.15, -0.1) is 0 Å². The monoisotopic (exact) mass is 341 g/mol. The van der Waals surface area contributed by atoms with E-state index in [2.05, 4.69) is 5.43 Å². The van der Waals surface area contributed by atoms with Crippen LogP contribution in [0.1, 0.15) is 46.5 Å². The zero-order valence-electron chi connectivity index (χ0n) is 14.1. The molecule has 9 heteroatoms. The summed E-state index contributed by atoms with van der Waals surface area (Å²) in [6.45, 7) is 5.30. The standard InChI is InChI=1S/C15H23N3O6/c1-15(2,3)24-23-14(22)13(10(9-19)5-4-8-16)17-18-11(20)6-7-12(18)21/h13,17H,4-8,16H2,1-3H3/t13-/m0/s1. The lowest BCUT2D eigenvalue weighted by atomic mass is 10.0. The van der Waals surface area contributed by atoms with Crippen LogP contribution in [0.15, 0.2) is 5.57 Å². The number of nitrogens with zero attached hydrogens (tertiary/aromatic N) is 1. The van der Waals surface area contributed by atoms with Crippen LogP contribution in [0.3, 0.4) is 0 Å². The van der Waals surface area contributed by atoms with Crippen LogP contribution < -0.4 is 11.2 Å². The van der Waals surface area contributed by atoms with Crippen LogP contribution in [0.4, 0.5) is 0 Å². The molecule has 0 saturated carbocycles. The summed E-state index contributed by atoms with van der Waals surface area (Å²) in [4.78, 5) is 56.6. The molecule has 0 bridgehead atoms. The van der Waals surface area contributed by atoms with Gasteiger partial charge in [0.1, 0.15) is 11.5 Å². The van der Waals surface area contributed by atoms with Gasteiger partial charge in [0.05, 0.1) is 0 Å². The Morgan fingerprint density at radius 3 is 2.38 bits per heavy atom. The lowest BCUT2D eigenvalue weighted by Gasteiger charge is -2.24. The Balaban J connectivity index is 2.93. The van der Waals surface area contributed by atoms with Crippen molar-refractivity contribution < 1.29 is 29.0 Å². The molecule has 1 heterocycles. The van der Waals surface area contributed by atoms with Gasteiger partial charge in [-0.1, -0.05) is 0 Å². The molecule has 0 aliphatic carbocycles. The van der Waals surface area contributed by atoms with Crippen LogP contribution in [0.25, 0.3) is 0 Å². The van der Waals surface area contributed by atoms with Crippen LogP contribution in [0.5, 0.6) is 0 Å². The Labute approximate surface area is 140 Å². The molecule has 134 valence electrons. The fraction of sp³-hybridized carbons (Fsp3) is 0.667. The van der Waals surface area contributed by atoms with Gasteiger partial charge in [-0.3, -0.25) is 14.5 Å². The van der Waals surface area contributed by atoms with Gasteiger partial charge in [0.15, 0.2) is 6.04 Å². The van der Waals surface area contributed by atoms with E-state index in [1.807, 2.05) is 0 Å². The number of nitrogens with one attached hydrogen (secondary N) is 1. The Hall–Kier alpha value is -2.06. The molecule has 1 saturated heterocycles. The lowest BCUT2D eigenvalue weighted by Crippen LogP contribution is -2.52. The summed E-state index contributed by atoms with van der Waals surface area (Å²) < 4.78 is 0. The second-order valence-corrected chi connectivity index (χ2v) is 6.30. The summed E-state index contributed by atoms with van der Waals surface area (Å²) in [5, 5.41) is 0.725. The van der Waals surface area contributed by atoms with Crippen LogP contribution in [0.2, 0.25) is 0 Å². The summed E-state index contributed by atoms with van der Waals surface area (Å²) in [5.41, 5.74) is 7.09. The second kappa shape index (κ2) is 8.70. The minimum atomic E-state index is -1.36. The molecule has 1 atom stereocenters. The van der Waals surface area contributed by atoms with E-state index in [4.69, 9.17) is 15.5 Å². The van der Waals surface area contributed by atoms with Gasteiger partial charge >= 0.3 is 5.97 Å². The van der Waals surface area contributed by atoms with Crippen LogP contribution >= 0.6 is 0 Å². The molecular formula is C15H23N3O6. The quantitative estimate of drug-likeness (QED) is 0.268. The summed E-state index contributed by atoms with van der Waals surface area (Å²) in [7, 11) is 0. The Morgan fingerprint density at radius 1 is 1.33 bits per heavy atom. The largest absolute Gasteiger partial charge is 0.365 e. The third kappa shape index (κ3) is 5.86. The van der Waals surface area contributed by atoms with Gasteiger partial charge in [-0.05, 0) is 40.2 Å². The van der Waals surface area contributed by atoms with Crippen molar-refractivity contribution in [2.75, 3.05) is 6.54 Å². The molecule has 0 aromatic carbocycles. The normalized spacial score (nSPS) is 16.1. The molecule has 0 aromatic rings. The topological polar surface area (TPSA) is 128 Å². The first kappa shape index (κ1) is 20.0. The third-order valence-corrected chi connectivity index (χ3v) is 3.05. The Kier molecular flexibility index (Phi) is 7.24. The molecule has 1 fully saturated rings. The summed E-state index contributed by atoms with van der Waals surface area (Å²) in [6, 6.07) is -1.36.